The molecule has 0 spiro atoms. The number of unbranched alkanes of at least 4 members (excludes halogenated alkanes) is 1. The summed E-state index contributed by atoms with van der Waals surface area (Å²) in [4.78, 5) is 49.8. The summed E-state index contributed by atoms with van der Waals surface area (Å²) in [5.74, 6) is 1.83. The number of aromatic nitrogens is 1. The van der Waals surface area contributed by atoms with Gasteiger partial charge >= 0.3 is 0 Å². The van der Waals surface area contributed by atoms with Gasteiger partial charge < -0.3 is 19.7 Å². The van der Waals surface area contributed by atoms with Crippen LogP contribution in [0, 0.1) is 5.92 Å². The van der Waals surface area contributed by atoms with E-state index < -0.39 is 0 Å². The van der Waals surface area contributed by atoms with Crippen LogP contribution < -0.4 is 19.7 Å². The Morgan fingerprint density at radius 3 is 2.52 bits per heavy atom. The van der Waals surface area contributed by atoms with E-state index >= 15 is 0 Å². The Morgan fingerprint density at radius 1 is 1.00 bits per heavy atom. The molecular weight excluding hydrogens is 558 g/mol. The number of ether oxygens (including phenoxy) is 2. The Morgan fingerprint density at radius 2 is 1.77 bits per heavy atom. The molecule has 10 heteroatoms. The van der Waals surface area contributed by atoms with E-state index in [4.69, 9.17) is 9.47 Å². The number of fused-ring (bicyclic) bond motifs is 2. The number of pyridine rings is 1. The summed E-state index contributed by atoms with van der Waals surface area (Å²) in [7, 11) is 3.15. The fraction of sp³-hybridized carbons (Fsp3) is 0.412. The molecule has 1 fully saturated rings. The zero-order chi connectivity index (χ0) is 31.1. The Hall–Kier alpha value is -4.44. The third-order valence-electron chi connectivity index (χ3n) is 8.54. The average molecular weight is 600 g/mol. The van der Waals surface area contributed by atoms with Gasteiger partial charge in [-0.05, 0) is 87.7 Å². The van der Waals surface area contributed by atoms with E-state index in [1.165, 1.54) is 0 Å². The molecule has 3 aromatic rings. The first-order chi connectivity index (χ1) is 21.4. The van der Waals surface area contributed by atoms with E-state index in [2.05, 4.69) is 15.2 Å². The quantitative estimate of drug-likeness (QED) is 0.296. The fourth-order valence-electron chi connectivity index (χ4n) is 6.08. The number of piperidine rings is 1. The van der Waals surface area contributed by atoms with Crippen molar-refractivity contribution in [2.24, 2.45) is 5.92 Å². The largest absolute Gasteiger partial charge is 0.493 e. The molecule has 3 heterocycles. The van der Waals surface area contributed by atoms with Crippen molar-refractivity contribution in [3.8, 4) is 11.5 Å². The average Bonchev–Trinajstić information content (AvgIpc) is 3.18. The van der Waals surface area contributed by atoms with Gasteiger partial charge in [-0.15, -0.1) is 0 Å². The fourth-order valence-corrected chi connectivity index (χ4v) is 6.08. The highest BCUT2D eigenvalue weighted by molar-refractivity contribution is 6.17. The number of carbonyl (C=O) groups excluding carboxylic acids is 3. The maximum Gasteiger partial charge on any atom is 0.257 e. The van der Waals surface area contributed by atoms with Crippen molar-refractivity contribution < 1.29 is 23.9 Å². The molecule has 2 aliphatic rings. The predicted octanol–water partition coefficient (Wildman–Crippen LogP) is 5.37. The highest BCUT2D eigenvalue weighted by atomic mass is 16.5. The second-order valence-corrected chi connectivity index (χ2v) is 11.2. The van der Waals surface area contributed by atoms with Crippen molar-refractivity contribution in [2.75, 3.05) is 57.2 Å². The molecule has 44 heavy (non-hydrogen) atoms. The number of likely N-dealkylation sites (tertiary alicyclic amines) is 1. The predicted molar refractivity (Wildman–Crippen MR) is 170 cm³/mol. The summed E-state index contributed by atoms with van der Waals surface area (Å²) in [5.41, 5.74) is 2.11. The Bertz CT molecular complexity index is 1490. The molecule has 232 valence electrons. The summed E-state index contributed by atoms with van der Waals surface area (Å²) in [5, 5.41) is 2.89. The van der Waals surface area contributed by atoms with Gasteiger partial charge in [0.05, 0.1) is 37.7 Å². The molecule has 0 unspecified atom stereocenters. The first-order valence-corrected chi connectivity index (χ1v) is 15.4. The highest BCUT2D eigenvalue weighted by Gasteiger charge is 2.31. The van der Waals surface area contributed by atoms with Gasteiger partial charge in [0.1, 0.15) is 0 Å². The van der Waals surface area contributed by atoms with Crippen molar-refractivity contribution in [3.05, 3.63) is 71.9 Å². The van der Waals surface area contributed by atoms with Gasteiger partial charge in [0.15, 0.2) is 17.3 Å². The van der Waals surface area contributed by atoms with Gasteiger partial charge in [-0.2, -0.15) is 0 Å². The number of anilines is 3. The van der Waals surface area contributed by atoms with Crippen LogP contribution in [0.4, 0.5) is 17.2 Å². The van der Waals surface area contributed by atoms with Crippen molar-refractivity contribution in [2.45, 2.75) is 39.0 Å². The van der Waals surface area contributed by atoms with E-state index in [1.807, 2.05) is 17.9 Å². The number of rotatable bonds is 11. The van der Waals surface area contributed by atoms with Gasteiger partial charge in [0.25, 0.3) is 11.8 Å². The molecule has 2 aliphatic heterocycles. The lowest BCUT2D eigenvalue weighted by molar-refractivity contribution is -0.119. The minimum Gasteiger partial charge on any atom is -0.493 e. The SMILES string of the molecule is CCN(CCCCC1CCN(CC(=O)N2c3ccccc3C(=O)Nc3cccnc32)CC1)C(=O)c1ccc(OC)c(OC)c1. The molecule has 5 rings (SSSR count). The lowest BCUT2D eigenvalue weighted by atomic mass is 9.91. The normalized spacial score (nSPS) is 15.1. The van der Waals surface area contributed by atoms with Gasteiger partial charge in [-0.25, -0.2) is 4.98 Å². The van der Waals surface area contributed by atoms with Crippen molar-refractivity contribution in [1.82, 2.24) is 14.8 Å². The molecule has 3 amide bonds. The smallest absolute Gasteiger partial charge is 0.257 e. The van der Waals surface area contributed by atoms with Crippen LogP contribution in [-0.4, -0.2) is 79.4 Å². The molecule has 0 atom stereocenters. The van der Waals surface area contributed by atoms with Crippen molar-refractivity contribution >= 4 is 34.9 Å². The maximum atomic E-state index is 13.7. The van der Waals surface area contributed by atoms with Gasteiger partial charge in [0, 0.05) is 24.8 Å². The lowest BCUT2D eigenvalue weighted by Crippen LogP contribution is -2.42. The zero-order valence-electron chi connectivity index (χ0n) is 25.8. The molecular formula is C34H41N5O5. The van der Waals surface area contributed by atoms with Crippen LogP contribution in [0.5, 0.6) is 11.5 Å². The number of carbonyl (C=O) groups is 3. The van der Waals surface area contributed by atoms with E-state index in [0.29, 0.717) is 58.8 Å². The van der Waals surface area contributed by atoms with Crippen LogP contribution in [0.3, 0.4) is 0 Å². The third-order valence-corrected chi connectivity index (χ3v) is 8.54. The number of para-hydroxylation sites is 1. The first kappa shape index (κ1) is 31.0. The summed E-state index contributed by atoms with van der Waals surface area (Å²) in [6.45, 7) is 5.30. The molecule has 0 bridgehead atoms. The van der Waals surface area contributed by atoms with Crippen molar-refractivity contribution in [1.29, 1.82) is 0 Å². The zero-order valence-corrected chi connectivity index (χ0v) is 25.8. The molecule has 0 aliphatic carbocycles. The van der Waals surface area contributed by atoms with Gasteiger partial charge in [-0.1, -0.05) is 25.0 Å². The summed E-state index contributed by atoms with van der Waals surface area (Å²) < 4.78 is 10.7. The van der Waals surface area contributed by atoms with Gasteiger partial charge in [0.2, 0.25) is 5.91 Å². The second kappa shape index (κ2) is 14.4. The molecule has 1 saturated heterocycles. The Balaban J connectivity index is 1.10. The number of amides is 3. The molecule has 1 aromatic heterocycles. The molecule has 2 aromatic carbocycles. The minimum absolute atomic E-state index is 0.00330. The first-order valence-electron chi connectivity index (χ1n) is 15.4. The number of hydrogen-bond acceptors (Lipinski definition) is 7. The topological polar surface area (TPSA) is 104 Å². The van der Waals surface area contributed by atoms with Crippen LogP contribution >= 0.6 is 0 Å². The molecule has 0 radical (unpaired) electrons. The number of nitrogens with zero attached hydrogens (tertiary/aromatic N) is 4. The van der Waals surface area contributed by atoms with Gasteiger partial charge in [-0.3, -0.25) is 24.2 Å². The minimum atomic E-state index is -0.252. The number of methoxy groups -OCH3 is 2. The van der Waals surface area contributed by atoms with Crippen molar-refractivity contribution in [3.63, 3.8) is 0 Å². The molecule has 10 nitrogen and oxygen atoms in total. The van der Waals surface area contributed by atoms with Crippen LogP contribution in [0.2, 0.25) is 0 Å². The van der Waals surface area contributed by atoms with E-state index in [-0.39, 0.29) is 24.3 Å². The third kappa shape index (κ3) is 6.86. The summed E-state index contributed by atoms with van der Waals surface area (Å²) >= 11 is 0. The van der Waals surface area contributed by atoms with Crippen LogP contribution in [0.15, 0.2) is 60.8 Å². The highest BCUT2D eigenvalue weighted by Crippen LogP contribution is 2.36. The molecule has 0 saturated carbocycles. The Kier molecular flexibility index (Phi) is 10.1. The summed E-state index contributed by atoms with van der Waals surface area (Å²) in [6, 6.07) is 16.0. The van der Waals surface area contributed by atoms with Crippen LogP contribution in [0.25, 0.3) is 0 Å². The van der Waals surface area contributed by atoms with E-state index in [1.54, 1.807) is 73.8 Å². The van der Waals surface area contributed by atoms with E-state index in [9.17, 15) is 14.4 Å². The Labute approximate surface area is 258 Å². The number of nitrogens with one attached hydrogen (secondary N) is 1. The van der Waals surface area contributed by atoms with Crippen LogP contribution in [0.1, 0.15) is 59.7 Å². The van der Waals surface area contributed by atoms with E-state index in [0.717, 1.165) is 45.2 Å². The van der Waals surface area contributed by atoms with Crippen LogP contribution in [-0.2, 0) is 4.79 Å². The number of benzene rings is 2. The summed E-state index contributed by atoms with van der Waals surface area (Å²) in [6.07, 6.45) is 6.79. The second-order valence-electron chi connectivity index (χ2n) is 11.2. The lowest BCUT2D eigenvalue weighted by Gasteiger charge is -2.33. The standard InChI is InChI=1S/C34H41N5O5/c1-4-38(34(42)25-14-15-29(43-2)30(22-25)44-3)19-8-7-10-24-16-20-37(21-17-24)23-31(40)39-28-13-6-5-11-26(28)33(41)36-27-12-9-18-35-32(27)39/h5-6,9,11-15,18,22,24H,4,7-8,10,16-17,19-21,23H2,1-3H3,(H,36,41). The number of hydrogen-bond donors (Lipinski definition) is 1. The maximum absolute atomic E-state index is 13.7. The monoisotopic (exact) mass is 599 g/mol. The molecule has 1 N–H and O–H groups in total.